The predicted molar refractivity (Wildman–Crippen MR) is 83.4 cm³/mol. The molecule has 0 bridgehead atoms. The highest BCUT2D eigenvalue weighted by molar-refractivity contribution is 7.98. The van der Waals surface area contributed by atoms with E-state index in [1.54, 1.807) is 12.1 Å². The minimum Gasteiger partial charge on any atom is -0.379 e. The van der Waals surface area contributed by atoms with Gasteiger partial charge in [-0.25, -0.2) is 0 Å². The summed E-state index contributed by atoms with van der Waals surface area (Å²) >= 11 is 7.70. The van der Waals surface area contributed by atoms with Crippen LogP contribution in [0, 0.1) is 10.1 Å². The van der Waals surface area contributed by atoms with Crippen LogP contribution in [0.5, 0.6) is 0 Å². The molecule has 0 heterocycles. The third-order valence-corrected chi connectivity index (χ3v) is 3.76. The summed E-state index contributed by atoms with van der Waals surface area (Å²) in [7, 11) is 0. The van der Waals surface area contributed by atoms with Crippen LogP contribution in [0.4, 0.5) is 11.4 Å². The third kappa shape index (κ3) is 5.70. The molecule has 4 nitrogen and oxygen atoms in total. The van der Waals surface area contributed by atoms with Crippen LogP contribution in [0.3, 0.4) is 0 Å². The van der Waals surface area contributed by atoms with Crippen molar-refractivity contribution in [3.63, 3.8) is 0 Å². The maximum Gasteiger partial charge on any atom is 0.310 e. The van der Waals surface area contributed by atoms with E-state index in [1.807, 2.05) is 11.8 Å². The van der Waals surface area contributed by atoms with Crippen molar-refractivity contribution in [3.05, 3.63) is 33.3 Å². The zero-order valence-corrected chi connectivity index (χ0v) is 12.6. The molecular weight excluding hydrogens is 284 g/mol. The van der Waals surface area contributed by atoms with Crippen LogP contribution in [0.2, 0.25) is 5.02 Å². The highest BCUT2D eigenvalue weighted by atomic mass is 35.5. The van der Waals surface area contributed by atoms with Gasteiger partial charge in [0.15, 0.2) is 0 Å². The molecule has 0 aliphatic rings. The molecule has 0 aliphatic carbocycles. The minimum absolute atomic E-state index is 0.0356. The Labute approximate surface area is 123 Å². The van der Waals surface area contributed by atoms with Crippen LogP contribution in [0.25, 0.3) is 0 Å². The van der Waals surface area contributed by atoms with Gasteiger partial charge in [-0.3, -0.25) is 10.1 Å². The molecule has 1 N–H and O–H groups in total. The lowest BCUT2D eigenvalue weighted by atomic mass is 10.2. The number of nitro groups is 1. The largest absolute Gasteiger partial charge is 0.379 e. The highest BCUT2D eigenvalue weighted by Crippen LogP contribution is 2.32. The summed E-state index contributed by atoms with van der Waals surface area (Å²) in [5.41, 5.74) is 0.466. The number of benzene rings is 1. The first-order valence-corrected chi connectivity index (χ1v) is 8.09. The van der Waals surface area contributed by atoms with Crippen LogP contribution in [-0.4, -0.2) is 23.5 Å². The molecule has 6 heteroatoms. The fourth-order valence-electron chi connectivity index (χ4n) is 1.79. The molecule has 106 valence electrons. The van der Waals surface area contributed by atoms with Crippen LogP contribution >= 0.6 is 23.4 Å². The first kappa shape index (κ1) is 16.1. The number of nitrogens with one attached hydrogen (secondary N) is 1. The average Bonchev–Trinajstić information content (AvgIpc) is 2.37. The van der Waals surface area contributed by atoms with Gasteiger partial charge >= 0.3 is 5.69 Å². The first-order valence-electron chi connectivity index (χ1n) is 6.32. The number of halogens is 1. The van der Waals surface area contributed by atoms with Crippen LogP contribution < -0.4 is 5.32 Å². The summed E-state index contributed by atoms with van der Waals surface area (Å²) in [5, 5.41) is 14.2. The van der Waals surface area contributed by atoms with E-state index < -0.39 is 4.92 Å². The number of thioether (sulfide) groups is 1. The maximum absolute atomic E-state index is 10.9. The van der Waals surface area contributed by atoms with Crippen molar-refractivity contribution in [2.45, 2.75) is 25.7 Å². The second kappa shape index (κ2) is 9.04. The topological polar surface area (TPSA) is 55.2 Å². The Morgan fingerprint density at radius 3 is 2.74 bits per heavy atom. The number of nitro benzene ring substituents is 1. The summed E-state index contributed by atoms with van der Waals surface area (Å²) in [6.07, 6.45) is 6.71. The Balaban J connectivity index is 2.37. The Kier molecular flexibility index (Phi) is 7.67. The number of unbranched alkanes of at least 4 members (excludes halogenated alkanes) is 3. The standard InChI is InChI=1S/C13H19ClN2O2S/c1-19-10-5-3-2-4-9-15-12-8-6-7-11(14)13(12)16(17)18/h6-8,15H,2-5,9-10H2,1H3. The average molecular weight is 303 g/mol. The molecule has 0 amide bonds. The summed E-state index contributed by atoms with van der Waals surface area (Å²) < 4.78 is 0. The van der Waals surface area contributed by atoms with E-state index >= 15 is 0 Å². The van der Waals surface area contributed by atoms with Crippen molar-refractivity contribution in [3.8, 4) is 0 Å². The lowest BCUT2D eigenvalue weighted by Crippen LogP contribution is -2.04. The summed E-state index contributed by atoms with van der Waals surface area (Å²) in [6.45, 7) is 0.737. The molecule has 1 aromatic carbocycles. The molecule has 0 radical (unpaired) electrons. The van der Waals surface area contributed by atoms with Crippen LogP contribution in [-0.2, 0) is 0 Å². The number of nitrogens with zero attached hydrogens (tertiary/aromatic N) is 1. The Hall–Kier alpha value is -0.940. The molecule has 0 atom stereocenters. The fraction of sp³-hybridized carbons (Fsp3) is 0.538. The molecule has 1 aromatic rings. The summed E-state index contributed by atoms with van der Waals surface area (Å²) in [5.74, 6) is 1.20. The molecule has 19 heavy (non-hydrogen) atoms. The highest BCUT2D eigenvalue weighted by Gasteiger charge is 2.17. The zero-order chi connectivity index (χ0) is 14.1. The zero-order valence-electron chi connectivity index (χ0n) is 11.0. The SMILES string of the molecule is CSCCCCCCNc1cccc(Cl)c1[N+](=O)[O-]. The Morgan fingerprint density at radius 1 is 1.32 bits per heavy atom. The van der Waals surface area contributed by atoms with E-state index in [9.17, 15) is 10.1 Å². The lowest BCUT2D eigenvalue weighted by Gasteiger charge is -2.07. The molecule has 0 spiro atoms. The van der Waals surface area contributed by atoms with E-state index in [1.165, 1.54) is 24.7 Å². The van der Waals surface area contributed by atoms with E-state index in [4.69, 9.17) is 11.6 Å². The molecule has 0 saturated carbocycles. The van der Waals surface area contributed by atoms with Gasteiger partial charge in [-0.15, -0.1) is 0 Å². The fourth-order valence-corrected chi connectivity index (χ4v) is 2.53. The van der Waals surface area contributed by atoms with E-state index in [0.29, 0.717) is 5.69 Å². The predicted octanol–water partition coefficient (Wildman–Crippen LogP) is 4.58. The molecule has 0 aromatic heterocycles. The molecule has 0 fully saturated rings. The quantitative estimate of drug-likeness (QED) is 0.412. The van der Waals surface area contributed by atoms with Gasteiger partial charge in [0.25, 0.3) is 0 Å². The van der Waals surface area contributed by atoms with Crippen LogP contribution in [0.1, 0.15) is 25.7 Å². The van der Waals surface area contributed by atoms with E-state index in [0.717, 1.165) is 19.4 Å². The van der Waals surface area contributed by atoms with Crippen molar-refractivity contribution >= 4 is 34.7 Å². The van der Waals surface area contributed by atoms with Crippen molar-refractivity contribution < 1.29 is 4.92 Å². The number of hydrogen-bond acceptors (Lipinski definition) is 4. The van der Waals surface area contributed by atoms with Gasteiger partial charge in [0.1, 0.15) is 10.7 Å². The normalized spacial score (nSPS) is 10.4. The molecule has 0 aliphatic heterocycles. The second-order valence-electron chi connectivity index (χ2n) is 4.23. The van der Waals surface area contributed by atoms with Crippen molar-refractivity contribution in [2.24, 2.45) is 0 Å². The van der Waals surface area contributed by atoms with Crippen molar-refractivity contribution in [2.75, 3.05) is 23.9 Å². The number of anilines is 1. The van der Waals surface area contributed by atoms with E-state index in [-0.39, 0.29) is 10.7 Å². The Bertz CT molecular complexity index is 416. The summed E-state index contributed by atoms with van der Waals surface area (Å²) in [4.78, 5) is 10.5. The Morgan fingerprint density at radius 2 is 2.05 bits per heavy atom. The molecule has 1 rings (SSSR count). The summed E-state index contributed by atoms with van der Waals surface area (Å²) in [6, 6.07) is 4.95. The van der Waals surface area contributed by atoms with Gasteiger partial charge in [-0.2, -0.15) is 11.8 Å². The van der Waals surface area contributed by atoms with Gasteiger partial charge in [-0.1, -0.05) is 30.5 Å². The maximum atomic E-state index is 10.9. The second-order valence-corrected chi connectivity index (χ2v) is 5.62. The van der Waals surface area contributed by atoms with Crippen molar-refractivity contribution in [1.82, 2.24) is 0 Å². The van der Waals surface area contributed by atoms with Gasteiger partial charge < -0.3 is 5.32 Å². The van der Waals surface area contributed by atoms with Gasteiger partial charge in [0.2, 0.25) is 0 Å². The monoisotopic (exact) mass is 302 g/mol. The molecule has 0 saturated heterocycles. The number of rotatable bonds is 9. The molecule has 0 unspecified atom stereocenters. The number of hydrogen-bond donors (Lipinski definition) is 1. The minimum atomic E-state index is -0.441. The third-order valence-electron chi connectivity index (χ3n) is 2.76. The van der Waals surface area contributed by atoms with Gasteiger partial charge in [-0.05, 0) is 37.0 Å². The smallest absolute Gasteiger partial charge is 0.310 e. The molecular formula is C13H19ClN2O2S. The first-order chi connectivity index (χ1) is 9.16. The van der Waals surface area contributed by atoms with Crippen molar-refractivity contribution in [1.29, 1.82) is 0 Å². The number of para-hydroxylation sites is 1. The van der Waals surface area contributed by atoms with E-state index in [2.05, 4.69) is 11.6 Å². The van der Waals surface area contributed by atoms with Crippen LogP contribution in [0.15, 0.2) is 18.2 Å². The lowest BCUT2D eigenvalue weighted by molar-refractivity contribution is -0.383. The van der Waals surface area contributed by atoms with Gasteiger partial charge in [0, 0.05) is 6.54 Å². The van der Waals surface area contributed by atoms with Gasteiger partial charge in [0.05, 0.1) is 4.92 Å².